The Bertz CT molecular complexity index is 852. The van der Waals surface area contributed by atoms with E-state index in [9.17, 15) is 0 Å². The van der Waals surface area contributed by atoms with E-state index in [4.69, 9.17) is 11.6 Å². The van der Waals surface area contributed by atoms with E-state index in [0.717, 1.165) is 6.42 Å². The van der Waals surface area contributed by atoms with Crippen LogP contribution in [0.15, 0.2) is 78.4 Å². The number of rotatable bonds is 4. The second-order valence-electron chi connectivity index (χ2n) is 4.82. The van der Waals surface area contributed by atoms with E-state index in [1.807, 2.05) is 17.4 Å². The Balaban J connectivity index is 1.92. The van der Waals surface area contributed by atoms with Crippen molar-refractivity contribution >= 4 is 43.1 Å². The molecule has 3 rings (SSSR count). The van der Waals surface area contributed by atoms with Gasteiger partial charge in [0, 0.05) is 25.2 Å². The van der Waals surface area contributed by atoms with Crippen molar-refractivity contribution in [1.82, 2.24) is 0 Å². The Morgan fingerprint density at radius 1 is 1.10 bits per heavy atom. The van der Waals surface area contributed by atoms with E-state index < -0.39 is 0 Å². The Labute approximate surface area is 133 Å². The molecular weight excluding hydrogens is 296 g/mol. The molecule has 0 nitrogen and oxygen atoms in total. The summed E-state index contributed by atoms with van der Waals surface area (Å²) in [6.07, 6.45) is 8.35. The van der Waals surface area contributed by atoms with E-state index in [1.54, 1.807) is 12.2 Å². The fraction of sp³-hybridized carbons (Fsp3) is 0.0526. The average molecular weight is 311 g/mol. The summed E-state index contributed by atoms with van der Waals surface area (Å²) in [4.78, 5) is 0. The van der Waals surface area contributed by atoms with E-state index in [1.165, 1.54) is 25.7 Å². The third-order valence-corrected chi connectivity index (χ3v) is 4.75. The number of hydrogen-bond acceptors (Lipinski definition) is 1. The summed E-state index contributed by atoms with van der Waals surface area (Å²) in [5.41, 5.74) is 1.30. The van der Waals surface area contributed by atoms with Crippen molar-refractivity contribution in [3.05, 3.63) is 83.9 Å². The maximum atomic E-state index is 6.01. The van der Waals surface area contributed by atoms with Gasteiger partial charge in [-0.15, -0.1) is 11.3 Å². The molecule has 0 radical (unpaired) electrons. The molecule has 2 aromatic carbocycles. The highest BCUT2D eigenvalue weighted by Crippen LogP contribution is 2.34. The third-order valence-electron chi connectivity index (χ3n) is 3.35. The first-order valence-electron chi connectivity index (χ1n) is 6.83. The molecule has 0 atom stereocenters. The molecule has 0 saturated carbocycles. The number of benzene rings is 2. The lowest BCUT2D eigenvalue weighted by Crippen LogP contribution is -1.80. The number of hydrogen-bond donors (Lipinski definition) is 0. The van der Waals surface area contributed by atoms with Crippen molar-refractivity contribution in [1.29, 1.82) is 0 Å². The minimum Gasteiger partial charge on any atom is -0.135 e. The molecule has 0 amide bonds. The zero-order chi connectivity index (χ0) is 14.7. The van der Waals surface area contributed by atoms with Crippen LogP contribution in [0.25, 0.3) is 20.2 Å². The second-order valence-corrected chi connectivity index (χ2v) is 6.34. The van der Waals surface area contributed by atoms with Gasteiger partial charge in [-0.05, 0) is 42.3 Å². The van der Waals surface area contributed by atoms with Crippen LogP contribution in [0.2, 0.25) is 0 Å². The van der Waals surface area contributed by atoms with Crippen molar-refractivity contribution < 1.29 is 0 Å². The largest absolute Gasteiger partial charge is 0.135 e. The first-order valence-corrected chi connectivity index (χ1v) is 8.02. The molecule has 2 heteroatoms. The van der Waals surface area contributed by atoms with Crippen LogP contribution in [0.4, 0.5) is 0 Å². The fourth-order valence-corrected chi connectivity index (χ4v) is 3.64. The maximum absolute atomic E-state index is 6.01. The molecule has 104 valence electrons. The molecule has 0 aliphatic carbocycles. The molecule has 0 spiro atoms. The van der Waals surface area contributed by atoms with Gasteiger partial charge in [-0.3, -0.25) is 0 Å². The molecule has 3 aromatic rings. The summed E-state index contributed by atoms with van der Waals surface area (Å²) in [5, 5.41) is 3.38. The first-order chi connectivity index (χ1) is 10.3. The van der Waals surface area contributed by atoms with Crippen molar-refractivity contribution in [3.63, 3.8) is 0 Å². The molecule has 21 heavy (non-hydrogen) atoms. The van der Waals surface area contributed by atoms with Gasteiger partial charge in [0.25, 0.3) is 0 Å². The summed E-state index contributed by atoms with van der Waals surface area (Å²) >= 11 is 7.85. The van der Waals surface area contributed by atoms with Gasteiger partial charge in [0.15, 0.2) is 0 Å². The molecule has 0 N–H and O–H groups in total. The summed E-state index contributed by atoms with van der Waals surface area (Å²) in [6, 6.07) is 15.2. The van der Waals surface area contributed by atoms with Crippen LogP contribution < -0.4 is 0 Å². The third kappa shape index (κ3) is 3.10. The second kappa shape index (κ2) is 6.30. The molecular formula is C19H15ClS. The van der Waals surface area contributed by atoms with Gasteiger partial charge in [0.1, 0.15) is 0 Å². The van der Waals surface area contributed by atoms with Gasteiger partial charge < -0.3 is 0 Å². The summed E-state index contributed by atoms with van der Waals surface area (Å²) in [7, 11) is 0. The Hall–Kier alpha value is -1.83. The van der Waals surface area contributed by atoms with Crippen LogP contribution in [-0.2, 0) is 6.42 Å². The average Bonchev–Trinajstić information content (AvgIpc) is 2.86. The molecule has 0 saturated heterocycles. The molecule has 0 fully saturated rings. The first kappa shape index (κ1) is 14.1. The van der Waals surface area contributed by atoms with Gasteiger partial charge in [0.05, 0.1) is 0 Å². The normalized spacial score (nSPS) is 12.5. The van der Waals surface area contributed by atoms with E-state index >= 15 is 0 Å². The summed E-state index contributed by atoms with van der Waals surface area (Å²) < 4.78 is 2.69. The highest BCUT2D eigenvalue weighted by Gasteiger charge is 2.04. The van der Waals surface area contributed by atoms with Crippen LogP contribution in [0, 0.1) is 0 Å². The van der Waals surface area contributed by atoms with E-state index in [2.05, 4.69) is 55.1 Å². The molecule has 0 aliphatic heterocycles. The van der Waals surface area contributed by atoms with Crippen molar-refractivity contribution in [2.24, 2.45) is 0 Å². The SMILES string of the molecule is C=C/C=C(Cl)\C=C/Cc1ccc2sc3ccccc3c2c1. The zero-order valence-corrected chi connectivity index (χ0v) is 13.1. The van der Waals surface area contributed by atoms with Gasteiger partial charge in [0.2, 0.25) is 0 Å². The Morgan fingerprint density at radius 3 is 2.76 bits per heavy atom. The number of halogens is 1. The smallest absolute Gasteiger partial charge is 0.0402 e. The minimum absolute atomic E-state index is 0.701. The highest BCUT2D eigenvalue weighted by atomic mass is 35.5. The van der Waals surface area contributed by atoms with E-state index in [-0.39, 0.29) is 0 Å². The summed E-state index contributed by atoms with van der Waals surface area (Å²) in [5.74, 6) is 0. The van der Waals surface area contributed by atoms with Crippen LogP contribution in [0.1, 0.15) is 5.56 Å². The zero-order valence-electron chi connectivity index (χ0n) is 11.6. The summed E-state index contributed by atoms with van der Waals surface area (Å²) in [6.45, 7) is 3.63. The predicted octanol–water partition coefficient (Wildman–Crippen LogP) is 6.46. The van der Waals surface area contributed by atoms with Crippen molar-refractivity contribution in [3.8, 4) is 0 Å². The lowest BCUT2D eigenvalue weighted by atomic mass is 10.1. The van der Waals surface area contributed by atoms with Crippen molar-refractivity contribution in [2.75, 3.05) is 0 Å². The predicted molar refractivity (Wildman–Crippen MR) is 96.3 cm³/mol. The topological polar surface area (TPSA) is 0 Å². The highest BCUT2D eigenvalue weighted by molar-refractivity contribution is 7.25. The Kier molecular flexibility index (Phi) is 4.23. The van der Waals surface area contributed by atoms with Gasteiger partial charge >= 0.3 is 0 Å². The quantitative estimate of drug-likeness (QED) is 0.485. The van der Waals surface area contributed by atoms with Gasteiger partial charge in [-0.1, -0.05) is 54.6 Å². The fourth-order valence-electron chi connectivity index (χ4n) is 2.38. The molecule has 0 bridgehead atoms. The number of fused-ring (bicyclic) bond motifs is 3. The van der Waals surface area contributed by atoms with Gasteiger partial charge in [-0.2, -0.15) is 0 Å². The van der Waals surface area contributed by atoms with Crippen LogP contribution in [-0.4, -0.2) is 0 Å². The van der Waals surface area contributed by atoms with E-state index in [0.29, 0.717) is 5.03 Å². The monoisotopic (exact) mass is 310 g/mol. The minimum atomic E-state index is 0.701. The molecule has 1 heterocycles. The van der Waals surface area contributed by atoms with Crippen molar-refractivity contribution in [2.45, 2.75) is 6.42 Å². The lowest BCUT2D eigenvalue weighted by molar-refractivity contribution is 1.28. The number of allylic oxidation sites excluding steroid dienone is 5. The maximum Gasteiger partial charge on any atom is 0.0402 e. The molecule has 0 unspecified atom stereocenters. The van der Waals surface area contributed by atoms with Gasteiger partial charge in [-0.25, -0.2) is 0 Å². The van der Waals surface area contributed by atoms with Crippen LogP contribution in [0.5, 0.6) is 0 Å². The van der Waals surface area contributed by atoms with Crippen LogP contribution >= 0.6 is 22.9 Å². The number of thiophene rings is 1. The standard InChI is InChI=1S/C19H15ClS/c1-2-6-15(20)8-5-7-14-11-12-19-17(13-14)16-9-3-4-10-18(16)21-19/h2-6,8-13H,1,7H2/b8-5-,15-6+. The molecule has 0 aliphatic rings. The lowest BCUT2D eigenvalue weighted by Gasteiger charge is -1.98. The molecule has 1 aromatic heterocycles. The van der Waals surface area contributed by atoms with Crippen LogP contribution in [0.3, 0.4) is 0 Å². The Morgan fingerprint density at radius 2 is 1.90 bits per heavy atom.